The average molecular weight is 821 g/mol. The first-order valence-electron chi connectivity index (χ1n) is 15.6. The van der Waals surface area contributed by atoms with Gasteiger partial charge in [0.25, 0.3) is 11.8 Å². The highest BCUT2D eigenvalue weighted by molar-refractivity contribution is 9.10. The van der Waals surface area contributed by atoms with Crippen LogP contribution in [0.25, 0.3) is 43.4 Å². The van der Waals surface area contributed by atoms with E-state index in [-0.39, 0.29) is 11.8 Å². The Morgan fingerprint density at radius 3 is 1.53 bits per heavy atom. The summed E-state index contributed by atoms with van der Waals surface area (Å²) in [5, 5.41) is 7.03. The number of benzene rings is 6. The highest BCUT2D eigenvalue weighted by atomic mass is 79.9. The predicted molar refractivity (Wildman–Crippen MR) is 215 cm³/mol. The van der Waals surface area contributed by atoms with Gasteiger partial charge in [-0.05, 0) is 59.3 Å². The summed E-state index contributed by atoms with van der Waals surface area (Å²) in [6.07, 6.45) is 0. The van der Waals surface area contributed by atoms with Crippen LogP contribution < -0.4 is 22.1 Å². The lowest BCUT2D eigenvalue weighted by Gasteiger charge is -2.12. The molecule has 5 N–H and O–H groups in total. The summed E-state index contributed by atoms with van der Waals surface area (Å²) in [7, 11) is 0. The number of fused-ring (bicyclic) bond motifs is 6. The predicted octanol–water partition coefficient (Wildman–Crippen LogP) is 10.0. The van der Waals surface area contributed by atoms with Crippen molar-refractivity contribution < 1.29 is 9.59 Å². The van der Waals surface area contributed by atoms with Crippen molar-refractivity contribution in [1.82, 2.24) is 20.8 Å². The number of hydrogen-bond donors (Lipinski definition) is 4. The third-order valence-corrected chi connectivity index (χ3v) is 9.04. The Morgan fingerprint density at radius 2 is 0.980 bits per heavy atom. The van der Waals surface area contributed by atoms with E-state index in [0.29, 0.717) is 22.1 Å². The fourth-order valence-electron chi connectivity index (χ4n) is 5.39. The van der Waals surface area contributed by atoms with E-state index in [0.717, 1.165) is 52.3 Å². The summed E-state index contributed by atoms with van der Waals surface area (Å²) in [4.78, 5) is 32.3. The van der Waals surface area contributed by atoms with Crippen LogP contribution in [0.1, 0.15) is 20.7 Å². The molecule has 0 spiro atoms. The molecule has 11 heteroatoms. The van der Waals surface area contributed by atoms with Gasteiger partial charge in [0.15, 0.2) is 5.82 Å². The van der Waals surface area contributed by atoms with E-state index in [2.05, 4.69) is 76.9 Å². The number of anilines is 1. The van der Waals surface area contributed by atoms with Gasteiger partial charge in [0, 0.05) is 41.6 Å². The van der Waals surface area contributed by atoms with Gasteiger partial charge in [0.1, 0.15) is 5.15 Å². The first kappa shape index (κ1) is 35.4. The van der Waals surface area contributed by atoms with Crippen LogP contribution in [-0.2, 0) is 0 Å². The molecule has 0 saturated heterocycles. The minimum Gasteiger partial charge on any atom is -0.290 e. The van der Waals surface area contributed by atoms with Gasteiger partial charge in [-0.3, -0.25) is 25.9 Å². The van der Waals surface area contributed by atoms with Crippen LogP contribution in [0.2, 0.25) is 5.15 Å². The van der Waals surface area contributed by atoms with Gasteiger partial charge in [0.2, 0.25) is 0 Å². The highest BCUT2D eigenvalue weighted by Crippen LogP contribution is 2.30. The van der Waals surface area contributed by atoms with Gasteiger partial charge >= 0.3 is 0 Å². The maximum atomic E-state index is 12.3. The number of nitrogen functional groups attached to an aromatic ring is 1. The minimum atomic E-state index is -0.286. The Labute approximate surface area is 315 Å². The summed E-state index contributed by atoms with van der Waals surface area (Å²) >= 11 is 12.7. The van der Waals surface area contributed by atoms with Crippen LogP contribution >= 0.6 is 43.5 Å². The molecular formula is C40H29Br2ClN6O2. The van der Waals surface area contributed by atoms with Crippen LogP contribution in [0, 0.1) is 0 Å². The number of carbonyl (C=O) groups excluding carboxylic acids is 2. The van der Waals surface area contributed by atoms with Crippen molar-refractivity contribution >= 4 is 104 Å². The molecule has 0 atom stereocenters. The topological polar surface area (TPSA) is 122 Å². The first-order chi connectivity index (χ1) is 24.8. The Hall–Kier alpha value is -5.39. The summed E-state index contributed by atoms with van der Waals surface area (Å²) in [6, 6.07) is 46.3. The second kappa shape index (κ2) is 16.5. The summed E-state index contributed by atoms with van der Waals surface area (Å²) in [6.45, 7) is 0. The largest absolute Gasteiger partial charge is 0.290 e. The number of nitrogens with zero attached hydrogens (tertiary/aromatic N) is 2. The molecule has 0 aliphatic heterocycles. The monoisotopic (exact) mass is 818 g/mol. The molecule has 8 nitrogen and oxygen atoms in total. The van der Waals surface area contributed by atoms with Crippen molar-refractivity contribution in [3.8, 4) is 0 Å². The quantitative estimate of drug-likeness (QED) is 0.0461. The standard InChI is InChI=1S/C20H14BrN3O.C13H8ClN.C7H7BrN2O/c21-14-7-5-6-13(12-14)20(25)24-23-19-17-10-2-1-8-15(17)16-9-3-4-11-18(16)22-19;14-13-11-7-2-1-5-9(11)10-6-3-4-8-12(10)15-13;8-6-3-1-2-5(4-6)7(11)10-9/h1-12H,(H,22,23)(H,24,25);1-8H;1-4H,9H2,(H,10,11). The number of hydrogen-bond acceptors (Lipinski definition) is 6. The zero-order chi connectivity index (χ0) is 35.7. The van der Waals surface area contributed by atoms with E-state index < -0.39 is 0 Å². The third-order valence-electron chi connectivity index (χ3n) is 7.77. The molecule has 0 fully saturated rings. The first-order valence-corrected chi connectivity index (χ1v) is 17.6. The van der Waals surface area contributed by atoms with E-state index in [1.54, 1.807) is 30.3 Å². The minimum absolute atomic E-state index is 0.222. The van der Waals surface area contributed by atoms with Crippen LogP contribution in [0.5, 0.6) is 0 Å². The van der Waals surface area contributed by atoms with Crippen molar-refractivity contribution in [2.45, 2.75) is 0 Å². The molecule has 0 bridgehead atoms. The number of aromatic nitrogens is 2. The number of amides is 2. The van der Waals surface area contributed by atoms with Gasteiger partial charge in [-0.1, -0.05) is 141 Å². The molecule has 252 valence electrons. The summed E-state index contributed by atoms with van der Waals surface area (Å²) < 4.78 is 1.72. The lowest BCUT2D eigenvalue weighted by molar-refractivity contribution is 0.0949. The Bertz CT molecular complexity index is 2530. The van der Waals surface area contributed by atoms with Crippen molar-refractivity contribution in [3.05, 3.63) is 171 Å². The van der Waals surface area contributed by atoms with E-state index in [9.17, 15) is 9.59 Å². The van der Waals surface area contributed by atoms with Crippen LogP contribution in [-0.4, -0.2) is 21.8 Å². The molecule has 2 amide bonds. The number of carbonyl (C=O) groups is 2. The number of para-hydroxylation sites is 2. The number of nitrogens with two attached hydrogens (primary N) is 1. The second-order valence-corrected chi connectivity index (χ2v) is 13.3. The second-order valence-electron chi connectivity index (χ2n) is 11.1. The highest BCUT2D eigenvalue weighted by Gasteiger charge is 2.10. The van der Waals surface area contributed by atoms with Gasteiger partial charge in [-0.15, -0.1) is 0 Å². The summed E-state index contributed by atoms with van der Waals surface area (Å²) in [5.74, 6) is 5.05. The zero-order valence-corrected chi connectivity index (χ0v) is 30.7. The number of pyridine rings is 2. The number of hydrazine groups is 2. The molecule has 6 aromatic carbocycles. The van der Waals surface area contributed by atoms with Crippen LogP contribution in [0.3, 0.4) is 0 Å². The van der Waals surface area contributed by atoms with E-state index in [1.165, 1.54) is 0 Å². The maximum Gasteiger partial charge on any atom is 0.269 e. The molecule has 0 aliphatic carbocycles. The van der Waals surface area contributed by atoms with Crippen molar-refractivity contribution in [3.63, 3.8) is 0 Å². The fourth-order valence-corrected chi connectivity index (χ4v) is 6.45. The van der Waals surface area contributed by atoms with Crippen molar-refractivity contribution in [1.29, 1.82) is 0 Å². The molecule has 0 radical (unpaired) electrons. The lowest BCUT2D eigenvalue weighted by atomic mass is 10.1. The van der Waals surface area contributed by atoms with Crippen molar-refractivity contribution in [2.24, 2.45) is 5.84 Å². The lowest BCUT2D eigenvalue weighted by Crippen LogP contribution is -2.29. The Balaban J connectivity index is 0.000000146. The molecule has 2 heterocycles. The van der Waals surface area contributed by atoms with E-state index in [4.69, 9.17) is 17.4 Å². The number of halogens is 3. The fraction of sp³-hybridized carbons (Fsp3) is 0. The zero-order valence-electron chi connectivity index (χ0n) is 26.8. The molecule has 8 rings (SSSR count). The summed E-state index contributed by atoms with van der Waals surface area (Å²) in [5.41, 5.74) is 10.7. The number of rotatable bonds is 4. The average Bonchev–Trinajstić information content (AvgIpc) is 3.17. The van der Waals surface area contributed by atoms with Crippen molar-refractivity contribution in [2.75, 3.05) is 5.43 Å². The van der Waals surface area contributed by atoms with Gasteiger partial charge in [-0.2, -0.15) is 0 Å². The molecule has 0 unspecified atom stereocenters. The molecule has 8 aromatic rings. The van der Waals surface area contributed by atoms with E-state index in [1.807, 2.05) is 96.4 Å². The van der Waals surface area contributed by atoms with Gasteiger partial charge in [-0.25, -0.2) is 15.8 Å². The molecule has 0 saturated carbocycles. The molecular weight excluding hydrogens is 792 g/mol. The van der Waals surface area contributed by atoms with Gasteiger partial charge in [0.05, 0.1) is 11.0 Å². The Kier molecular flexibility index (Phi) is 11.5. The molecule has 51 heavy (non-hydrogen) atoms. The third kappa shape index (κ3) is 8.50. The molecule has 0 aliphatic rings. The SMILES string of the molecule is Clc1nc2ccccc2c2ccccc12.NNC(=O)c1cccc(Br)c1.O=C(NNc1nc2ccccc2c2ccccc12)c1cccc(Br)c1. The van der Waals surface area contributed by atoms with E-state index >= 15 is 0 Å². The number of nitrogens with one attached hydrogen (secondary N) is 3. The molecule has 2 aromatic heterocycles. The van der Waals surface area contributed by atoms with Crippen LogP contribution in [0.4, 0.5) is 5.82 Å². The maximum absolute atomic E-state index is 12.3. The van der Waals surface area contributed by atoms with Crippen LogP contribution in [0.15, 0.2) is 155 Å². The van der Waals surface area contributed by atoms with Gasteiger partial charge < -0.3 is 0 Å². The normalized spacial score (nSPS) is 10.5. The smallest absolute Gasteiger partial charge is 0.269 e. The Morgan fingerprint density at radius 1 is 0.529 bits per heavy atom.